The molecular weight excluding hydrogens is 272 g/mol. The number of fused-ring (bicyclic) bond motifs is 1. The molecule has 0 saturated heterocycles. The fraction of sp³-hybridized carbons (Fsp3) is 0.632. The highest BCUT2D eigenvalue weighted by Crippen LogP contribution is 2.49. The molecule has 1 heterocycles. The van der Waals surface area contributed by atoms with Crippen LogP contribution in [0.15, 0.2) is 18.2 Å². The molecule has 1 amide bonds. The van der Waals surface area contributed by atoms with Crippen molar-refractivity contribution in [3.8, 4) is 0 Å². The van der Waals surface area contributed by atoms with Gasteiger partial charge >= 0.3 is 0 Å². The molecule has 2 aliphatic carbocycles. The predicted octanol–water partition coefficient (Wildman–Crippen LogP) is 3.12. The van der Waals surface area contributed by atoms with Crippen LogP contribution in [-0.2, 0) is 24.4 Å². The maximum absolute atomic E-state index is 12.3. The highest BCUT2D eigenvalue weighted by molar-refractivity contribution is 5.81. The number of benzene rings is 1. The van der Waals surface area contributed by atoms with E-state index in [2.05, 4.69) is 28.8 Å². The van der Waals surface area contributed by atoms with E-state index in [0.717, 1.165) is 25.4 Å². The van der Waals surface area contributed by atoms with Crippen molar-refractivity contribution in [3.05, 3.63) is 34.9 Å². The molecule has 118 valence electrons. The molecule has 2 unspecified atom stereocenters. The van der Waals surface area contributed by atoms with Gasteiger partial charge in [-0.1, -0.05) is 50.3 Å². The summed E-state index contributed by atoms with van der Waals surface area (Å²) in [4.78, 5) is 12.3. The fourth-order valence-electron chi connectivity index (χ4n) is 4.38. The summed E-state index contributed by atoms with van der Waals surface area (Å²) in [5.74, 6) is 2.11. The highest BCUT2D eigenvalue weighted by Gasteiger charge is 2.47. The largest absolute Gasteiger partial charge is 0.352 e. The van der Waals surface area contributed by atoms with Crippen LogP contribution in [0.4, 0.5) is 0 Å². The summed E-state index contributed by atoms with van der Waals surface area (Å²) in [5.41, 5.74) is 4.01. The summed E-state index contributed by atoms with van der Waals surface area (Å²) >= 11 is 0. The van der Waals surface area contributed by atoms with Gasteiger partial charge in [0.2, 0.25) is 5.91 Å². The molecular formula is C19H26N2O. The summed E-state index contributed by atoms with van der Waals surface area (Å²) in [6, 6.07) is 6.58. The zero-order valence-corrected chi connectivity index (χ0v) is 13.2. The van der Waals surface area contributed by atoms with E-state index in [0.29, 0.717) is 18.4 Å². The Bertz CT molecular complexity index is 563. The van der Waals surface area contributed by atoms with Gasteiger partial charge in [-0.15, -0.1) is 0 Å². The van der Waals surface area contributed by atoms with Crippen molar-refractivity contribution >= 4 is 5.91 Å². The molecule has 3 nitrogen and oxygen atoms in total. The molecule has 4 rings (SSSR count). The summed E-state index contributed by atoms with van der Waals surface area (Å²) < 4.78 is 0. The minimum atomic E-state index is 0.286. The zero-order valence-electron chi connectivity index (χ0n) is 13.2. The van der Waals surface area contributed by atoms with E-state index in [1.165, 1.54) is 48.8 Å². The number of amides is 1. The first-order valence-corrected chi connectivity index (χ1v) is 8.90. The van der Waals surface area contributed by atoms with Crippen LogP contribution in [0.25, 0.3) is 0 Å². The molecule has 2 fully saturated rings. The van der Waals surface area contributed by atoms with Crippen LogP contribution >= 0.6 is 0 Å². The van der Waals surface area contributed by atoms with Crippen molar-refractivity contribution in [2.45, 2.75) is 58.2 Å². The zero-order chi connectivity index (χ0) is 14.9. The SMILES string of the molecule is O=C(NCc1ccc2c(c1)CNC2)C1CC1C1CCCCC1. The Morgan fingerprint density at radius 3 is 2.82 bits per heavy atom. The first-order chi connectivity index (χ1) is 10.8. The lowest BCUT2D eigenvalue weighted by molar-refractivity contribution is -0.123. The normalized spacial score (nSPS) is 27.5. The van der Waals surface area contributed by atoms with Crippen LogP contribution in [0.2, 0.25) is 0 Å². The monoisotopic (exact) mass is 298 g/mol. The summed E-state index contributed by atoms with van der Waals surface area (Å²) in [5, 5.41) is 6.52. The van der Waals surface area contributed by atoms with E-state index in [9.17, 15) is 4.79 Å². The van der Waals surface area contributed by atoms with Gasteiger partial charge in [-0.3, -0.25) is 4.79 Å². The number of hydrogen-bond donors (Lipinski definition) is 2. The third-order valence-corrected chi connectivity index (χ3v) is 5.80. The Hall–Kier alpha value is -1.35. The van der Waals surface area contributed by atoms with E-state index in [4.69, 9.17) is 0 Å². The Kier molecular flexibility index (Phi) is 3.91. The molecule has 1 aliphatic heterocycles. The molecule has 3 heteroatoms. The molecule has 2 saturated carbocycles. The molecule has 22 heavy (non-hydrogen) atoms. The molecule has 0 bridgehead atoms. The predicted molar refractivity (Wildman–Crippen MR) is 87.0 cm³/mol. The second-order valence-corrected chi connectivity index (χ2v) is 7.33. The fourth-order valence-corrected chi connectivity index (χ4v) is 4.38. The summed E-state index contributed by atoms with van der Waals surface area (Å²) in [6.07, 6.45) is 7.98. The number of carbonyl (C=O) groups is 1. The van der Waals surface area contributed by atoms with Crippen molar-refractivity contribution in [2.75, 3.05) is 0 Å². The van der Waals surface area contributed by atoms with Crippen LogP contribution < -0.4 is 10.6 Å². The first-order valence-electron chi connectivity index (χ1n) is 8.90. The van der Waals surface area contributed by atoms with Gasteiger partial charge in [0.25, 0.3) is 0 Å². The number of carbonyl (C=O) groups excluding carboxylic acids is 1. The minimum absolute atomic E-state index is 0.286. The molecule has 0 spiro atoms. The maximum Gasteiger partial charge on any atom is 0.223 e. The van der Waals surface area contributed by atoms with E-state index in [-0.39, 0.29) is 5.91 Å². The first kappa shape index (κ1) is 14.3. The van der Waals surface area contributed by atoms with Crippen molar-refractivity contribution in [1.82, 2.24) is 10.6 Å². The molecule has 2 N–H and O–H groups in total. The van der Waals surface area contributed by atoms with E-state index < -0.39 is 0 Å². The lowest BCUT2D eigenvalue weighted by Crippen LogP contribution is -2.26. The summed E-state index contributed by atoms with van der Waals surface area (Å²) in [6.45, 7) is 2.62. The van der Waals surface area contributed by atoms with Gasteiger partial charge in [0.05, 0.1) is 0 Å². The number of nitrogens with one attached hydrogen (secondary N) is 2. The van der Waals surface area contributed by atoms with E-state index in [1.54, 1.807) is 0 Å². The maximum atomic E-state index is 12.3. The minimum Gasteiger partial charge on any atom is -0.352 e. The topological polar surface area (TPSA) is 41.1 Å². The molecule has 3 aliphatic rings. The Balaban J connectivity index is 1.28. The van der Waals surface area contributed by atoms with Crippen molar-refractivity contribution in [2.24, 2.45) is 17.8 Å². The lowest BCUT2D eigenvalue weighted by Gasteiger charge is -2.21. The van der Waals surface area contributed by atoms with Gasteiger partial charge in [0, 0.05) is 25.6 Å². The van der Waals surface area contributed by atoms with Crippen molar-refractivity contribution in [3.63, 3.8) is 0 Å². The average Bonchev–Trinajstić information content (AvgIpc) is 3.23. The summed E-state index contributed by atoms with van der Waals surface area (Å²) in [7, 11) is 0. The van der Waals surface area contributed by atoms with Gasteiger partial charge in [0.15, 0.2) is 0 Å². The molecule has 2 atom stereocenters. The molecule has 1 aromatic carbocycles. The third kappa shape index (κ3) is 2.91. The molecule has 0 radical (unpaired) electrons. The molecule has 0 aromatic heterocycles. The van der Waals surface area contributed by atoms with Crippen LogP contribution in [0.5, 0.6) is 0 Å². The molecule has 1 aromatic rings. The van der Waals surface area contributed by atoms with Gasteiger partial charge < -0.3 is 10.6 Å². The van der Waals surface area contributed by atoms with Crippen LogP contribution in [0.1, 0.15) is 55.2 Å². The quantitative estimate of drug-likeness (QED) is 0.896. The highest BCUT2D eigenvalue weighted by atomic mass is 16.2. The van der Waals surface area contributed by atoms with Crippen molar-refractivity contribution < 1.29 is 4.79 Å². The second kappa shape index (κ2) is 6.04. The van der Waals surface area contributed by atoms with Crippen LogP contribution in [0.3, 0.4) is 0 Å². The van der Waals surface area contributed by atoms with Gasteiger partial charge in [-0.2, -0.15) is 0 Å². The van der Waals surface area contributed by atoms with Gasteiger partial charge in [-0.25, -0.2) is 0 Å². The van der Waals surface area contributed by atoms with Gasteiger partial charge in [-0.05, 0) is 34.9 Å². The standard InChI is InChI=1S/C19H26N2O/c22-19(18-9-17(18)14-4-2-1-3-5-14)21-10-13-6-7-15-11-20-12-16(15)8-13/h6-8,14,17-18,20H,1-5,9-12H2,(H,21,22). The van der Waals surface area contributed by atoms with Crippen molar-refractivity contribution in [1.29, 1.82) is 0 Å². The Morgan fingerprint density at radius 2 is 1.95 bits per heavy atom. The van der Waals surface area contributed by atoms with E-state index in [1.807, 2.05) is 0 Å². The number of hydrogen-bond acceptors (Lipinski definition) is 2. The van der Waals surface area contributed by atoms with Crippen LogP contribution in [0, 0.1) is 17.8 Å². The average molecular weight is 298 g/mol. The number of rotatable bonds is 4. The van der Waals surface area contributed by atoms with E-state index >= 15 is 0 Å². The third-order valence-electron chi connectivity index (χ3n) is 5.80. The van der Waals surface area contributed by atoms with Gasteiger partial charge in [0.1, 0.15) is 0 Å². The van der Waals surface area contributed by atoms with Crippen LogP contribution in [-0.4, -0.2) is 5.91 Å². The lowest BCUT2D eigenvalue weighted by atomic mass is 9.85. The second-order valence-electron chi connectivity index (χ2n) is 7.33. The smallest absolute Gasteiger partial charge is 0.223 e. The Morgan fingerprint density at radius 1 is 1.14 bits per heavy atom. The Labute approximate surface area is 132 Å².